The fourth-order valence-electron chi connectivity index (χ4n) is 2.12. The molecule has 22 heavy (non-hydrogen) atoms. The summed E-state index contributed by atoms with van der Waals surface area (Å²) in [5.41, 5.74) is 0.867. The van der Waals surface area contributed by atoms with E-state index in [-0.39, 0.29) is 23.6 Å². The smallest absolute Gasteiger partial charge is 0.268 e. The molecule has 0 aliphatic carbocycles. The van der Waals surface area contributed by atoms with E-state index in [0.717, 1.165) is 0 Å². The summed E-state index contributed by atoms with van der Waals surface area (Å²) >= 11 is 13.5. The second-order valence-corrected chi connectivity index (χ2v) is 7.43. The van der Waals surface area contributed by atoms with E-state index < -0.39 is 0 Å². The van der Waals surface area contributed by atoms with Crippen LogP contribution in [0.1, 0.15) is 19.4 Å². The molecule has 0 atom stereocenters. The Balaban J connectivity index is 2.59. The molecule has 3 nitrogen and oxygen atoms in total. The van der Waals surface area contributed by atoms with Crippen LogP contribution in [0.4, 0.5) is 0 Å². The van der Waals surface area contributed by atoms with Gasteiger partial charge in [-0.05, 0) is 12.1 Å². The lowest BCUT2D eigenvalue weighted by Gasteiger charge is -2.12. The number of nitrogens with zero attached hydrogens (tertiary/aromatic N) is 1. The van der Waals surface area contributed by atoms with Crippen molar-refractivity contribution in [1.82, 2.24) is 4.90 Å². The van der Waals surface area contributed by atoms with Gasteiger partial charge in [-0.1, -0.05) is 49.2 Å². The van der Waals surface area contributed by atoms with Crippen LogP contribution < -0.4 is 0 Å². The van der Waals surface area contributed by atoms with Gasteiger partial charge < -0.3 is 0 Å². The zero-order chi connectivity index (χ0) is 16.4. The van der Waals surface area contributed by atoms with Crippen LogP contribution in [0.5, 0.6) is 0 Å². The second kappa shape index (κ2) is 6.90. The molecule has 2 amide bonds. The van der Waals surface area contributed by atoms with E-state index in [1.807, 2.05) is 13.8 Å². The Morgan fingerprint density at radius 2 is 1.95 bits per heavy atom. The van der Waals surface area contributed by atoms with Crippen molar-refractivity contribution in [2.24, 2.45) is 0 Å². The first-order valence-electron chi connectivity index (χ1n) is 6.70. The Hall–Kier alpha value is -1.23. The highest BCUT2D eigenvalue weighted by atomic mass is 35.5. The van der Waals surface area contributed by atoms with E-state index in [2.05, 4.69) is 6.58 Å². The number of rotatable bonds is 5. The molecule has 1 heterocycles. The predicted octanol–water partition coefficient (Wildman–Crippen LogP) is 4.40. The van der Waals surface area contributed by atoms with Crippen LogP contribution in [0.15, 0.2) is 35.8 Å². The van der Waals surface area contributed by atoms with Crippen LogP contribution in [0, 0.1) is 0 Å². The minimum Gasteiger partial charge on any atom is -0.270 e. The van der Waals surface area contributed by atoms with Crippen molar-refractivity contribution in [1.29, 1.82) is 0 Å². The fourth-order valence-corrected chi connectivity index (χ4v) is 3.62. The molecule has 1 aromatic carbocycles. The highest BCUT2D eigenvalue weighted by Gasteiger charge is 2.39. The minimum absolute atomic E-state index is 0.163. The standard InChI is InChI=1S/C16H15Cl2NO2S/c1-4-7-19-15(20)13(14(16(19)21)22-9(2)3)11-6-5-10(17)8-12(11)18/h4-6,8-9H,1,7H2,2-3H3. The first-order chi connectivity index (χ1) is 10.4. The number of thioether (sulfide) groups is 1. The molecule has 0 radical (unpaired) electrons. The lowest BCUT2D eigenvalue weighted by atomic mass is 10.1. The molecule has 0 bridgehead atoms. The zero-order valence-electron chi connectivity index (χ0n) is 12.2. The van der Waals surface area contributed by atoms with Gasteiger partial charge in [0.1, 0.15) is 0 Å². The zero-order valence-corrected chi connectivity index (χ0v) is 14.6. The SMILES string of the molecule is C=CCN1C(=O)C(SC(C)C)=C(c2ccc(Cl)cc2Cl)C1=O. The molecule has 1 aliphatic heterocycles. The summed E-state index contributed by atoms with van der Waals surface area (Å²) < 4.78 is 0. The molecule has 0 saturated carbocycles. The van der Waals surface area contributed by atoms with E-state index in [1.165, 1.54) is 22.7 Å². The van der Waals surface area contributed by atoms with E-state index in [0.29, 0.717) is 26.1 Å². The molecule has 1 aromatic rings. The van der Waals surface area contributed by atoms with E-state index in [4.69, 9.17) is 23.2 Å². The van der Waals surface area contributed by atoms with Crippen LogP contribution >= 0.6 is 35.0 Å². The first kappa shape index (κ1) is 17.1. The summed E-state index contributed by atoms with van der Waals surface area (Å²) in [6, 6.07) is 4.89. The number of benzene rings is 1. The number of carbonyl (C=O) groups is 2. The fraction of sp³-hybridized carbons (Fsp3) is 0.250. The third kappa shape index (κ3) is 3.24. The van der Waals surface area contributed by atoms with Gasteiger partial charge in [0.25, 0.3) is 11.8 Å². The Bertz CT molecular complexity index is 683. The van der Waals surface area contributed by atoms with Gasteiger partial charge in [0.15, 0.2) is 0 Å². The average Bonchev–Trinajstić information content (AvgIpc) is 2.64. The van der Waals surface area contributed by atoms with Crippen molar-refractivity contribution < 1.29 is 9.59 Å². The molecule has 0 unspecified atom stereocenters. The van der Waals surface area contributed by atoms with Crippen LogP contribution in [-0.2, 0) is 9.59 Å². The summed E-state index contributed by atoms with van der Waals surface area (Å²) in [5, 5.41) is 0.995. The highest BCUT2D eigenvalue weighted by Crippen LogP contribution is 2.40. The van der Waals surface area contributed by atoms with E-state index in [1.54, 1.807) is 18.2 Å². The predicted molar refractivity (Wildman–Crippen MR) is 93.0 cm³/mol. The van der Waals surface area contributed by atoms with E-state index in [9.17, 15) is 9.59 Å². The lowest BCUT2D eigenvalue weighted by Crippen LogP contribution is -2.31. The van der Waals surface area contributed by atoms with Crippen molar-refractivity contribution in [3.8, 4) is 0 Å². The number of carbonyl (C=O) groups excluding carboxylic acids is 2. The lowest BCUT2D eigenvalue weighted by molar-refractivity contribution is -0.135. The Labute approximate surface area is 144 Å². The second-order valence-electron chi connectivity index (χ2n) is 5.00. The van der Waals surface area contributed by atoms with Gasteiger partial charge in [0.2, 0.25) is 0 Å². The number of imide groups is 1. The Kier molecular flexibility index (Phi) is 5.37. The molecule has 0 aromatic heterocycles. The molecule has 1 aliphatic rings. The van der Waals surface area contributed by atoms with Gasteiger partial charge in [-0.3, -0.25) is 14.5 Å². The van der Waals surface area contributed by atoms with Crippen molar-refractivity contribution >= 4 is 52.4 Å². The normalized spacial score (nSPS) is 15.2. The summed E-state index contributed by atoms with van der Waals surface area (Å²) in [6.07, 6.45) is 1.53. The van der Waals surface area contributed by atoms with Crippen LogP contribution in [-0.4, -0.2) is 28.5 Å². The van der Waals surface area contributed by atoms with Crippen molar-refractivity contribution in [3.05, 3.63) is 51.4 Å². The molecule has 0 spiro atoms. The molecule has 0 N–H and O–H groups in total. The molecule has 0 fully saturated rings. The first-order valence-corrected chi connectivity index (χ1v) is 8.33. The number of hydrogen-bond acceptors (Lipinski definition) is 3. The topological polar surface area (TPSA) is 37.4 Å². The largest absolute Gasteiger partial charge is 0.270 e. The molecule has 6 heteroatoms. The maximum atomic E-state index is 12.6. The number of halogens is 2. The quantitative estimate of drug-likeness (QED) is 0.580. The minimum atomic E-state index is -0.350. The Morgan fingerprint density at radius 1 is 1.27 bits per heavy atom. The van der Waals surface area contributed by atoms with Gasteiger partial charge >= 0.3 is 0 Å². The van der Waals surface area contributed by atoms with Crippen LogP contribution in [0.25, 0.3) is 5.57 Å². The van der Waals surface area contributed by atoms with Gasteiger partial charge in [-0.2, -0.15) is 0 Å². The summed E-state index contributed by atoms with van der Waals surface area (Å²) in [5.74, 6) is -0.651. The maximum Gasteiger partial charge on any atom is 0.268 e. The molecular formula is C16H15Cl2NO2S. The van der Waals surface area contributed by atoms with Crippen molar-refractivity contribution in [2.75, 3.05) is 6.54 Å². The number of hydrogen-bond donors (Lipinski definition) is 0. The maximum absolute atomic E-state index is 12.6. The van der Waals surface area contributed by atoms with Gasteiger partial charge in [0.05, 0.1) is 15.5 Å². The molecular weight excluding hydrogens is 341 g/mol. The van der Waals surface area contributed by atoms with Gasteiger partial charge in [0, 0.05) is 22.4 Å². The van der Waals surface area contributed by atoms with Gasteiger partial charge in [-0.25, -0.2) is 0 Å². The molecule has 2 rings (SSSR count). The number of amides is 2. The van der Waals surface area contributed by atoms with Crippen molar-refractivity contribution in [3.63, 3.8) is 0 Å². The van der Waals surface area contributed by atoms with Crippen molar-refractivity contribution in [2.45, 2.75) is 19.1 Å². The highest BCUT2D eigenvalue weighted by molar-refractivity contribution is 8.04. The third-order valence-corrected chi connectivity index (χ3v) is 4.62. The van der Waals surface area contributed by atoms with Crippen LogP contribution in [0.2, 0.25) is 10.0 Å². The Morgan fingerprint density at radius 3 is 2.50 bits per heavy atom. The average molecular weight is 356 g/mol. The van der Waals surface area contributed by atoms with Crippen LogP contribution in [0.3, 0.4) is 0 Å². The summed E-state index contributed by atoms with van der Waals surface area (Å²) in [7, 11) is 0. The third-order valence-electron chi connectivity index (χ3n) is 2.99. The monoisotopic (exact) mass is 355 g/mol. The summed E-state index contributed by atoms with van der Waals surface area (Å²) in [4.78, 5) is 26.7. The molecule has 116 valence electrons. The van der Waals surface area contributed by atoms with E-state index >= 15 is 0 Å². The summed E-state index contributed by atoms with van der Waals surface area (Å²) in [6.45, 7) is 7.70. The van der Waals surface area contributed by atoms with Gasteiger partial charge in [-0.15, -0.1) is 18.3 Å². The molecule has 0 saturated heterocycles.